The molecule has 0 unspecified atom stereocenters. The van der Waals surface area contributed by atoms with Gasteiger partial charge in [-0.25, -0.2) is 0 Å². The van der Waals surface area contributed by atoms with Crippen LogP contribution in [-0.2, 0) is 4.79 Å². The number of carbonyl (C=O) groups is 1. The van der Waals surface area contributed by atoms with Crippen molar-refractivity contribution in [2.75, 3.05) is 26.7 Å². The number of hydrogen-bond donors (Lipinski definition) is 2. The lowest BCUT2D eigenvalue weighted by atomic mass is 9.90. The highest BCUT2D eigenvalue weighted by molar-refractivity contribution is 5.87. The summed E-state index contributed by atoms with van der Waals surface area (Å²) in [5, 5.41) is 3.29. The summed E-state index contributed by atoms with van der Waals surface area (Å²) in [6.45, 7) is 2.84. The van der Waals surface area contributed by atoms with Crippen molar-refractivity contribution >= 4 is 5.91 Å². The van der Waals surface area contributed by atoms with E-state index in [0.717, 1.165) is 35.5 Å². The lowest BCUT2D eigenvalue weighted by Crippen LogP contribution is -3.11. The Balaban J connectivity index is 1.58. The van der Waals surface area contributed by atoms with Gasteiger partial charge in [-0.15, -0.1) is 0 Å². The second-order valence-corrected chi connectivity index (χ2v) is 8.16. The van der Waals surface area contributed by atoms with Crippen LogP contribution in [0.5, 0.6) is 5.75 Å². The molecule has 4 rings (SSSR count). The molecule has 1 aliphatic rings. The number of rotatable bonds is 8. The Morgan fingerprint density at radius 2 is 1.42 bits per heavy atom. The maximum atomic E-state index is 13.5. The van der Waals surface area contributed by atoms with Crippen molar-refractivity contribution in [1.82, 2.24) is 5.32 Å². The summed E-state index contributed by atoms with van der Waals surface area (Å²) in [6, 6.07) is 28.4. The van der Waals surface area contributed by atoms with Crippen molar-refractivity contribution in [3.63, 3.8) is 0 Å². The van der Waals surface area contributed by atoms with Gasteiger partial charge in [0.25, 0.3) is 0 Å². The molecule has 1 atom stereocenters. The van der Waals surface area contributed by atoms with Gasteiger partial charge in [0.05, 0.1) is 38.2 Å². The molecule has 31 heavy (non-hydrogen) atoms. The standard InChI is InChI=1S/C27H30N2O2/c1-31-25-17-9-8-16-23(25)24(29-18-10-11-19-29)20-28-27(30)26(21-12-4-2-5-13-21)22-14-6-3-7-15-22/h2-9,12-17,24,26H,10-11,18-20H2,1H3,(H,28,30)/p+1/t24-/m0/s1. The third-order valence-electron chi connectivity index (χ3n) is 6.26. The molecule has 3 aromatic carbocycles. The zero-order chi connectivity index (χ0) is 21.5. The maximum Gasteiger partial charge on any atom is 0.232 e. The van der Waals surface area contributed by atoms with Gasteiger partial charge in [-0.3, -0.25) is 4.79 Å². The van der Waals surface area contributed by atoms with E-state index in [0.29, 0.717) is 6.54 Å². The van der Waals surface area contributed by atoms with E-state index >= 15 is 0 Å². The number of ether oxygens (including phenoxy) is 1. The van der Waals surface area contributed by atoms with Gasteiger partial charge in [0, 0.05) is 12.8 Å². The number of quaternary nitrogens is 1. The van der Waals surface area contributed by atoms with Gasteiger partial charge in [-0.1, -0.05) is 72.8 Å². The number of methoxy groups -OCH3 is 1. The molecule has 0 saturated carbocycles. The van der Waals surface area contributed by atoms with E-state index in [1.165, 1.54) is 17.7 Å². The second kappa shape index (κ2) is 10.3. The molecule has 1 amide bonds. The Bertz CT molecular complexity index is 929. The number of para-hydroxylation sites is 1. The van der Waals surface area contributed by atoms with Gasteiger partial charge in [-0.2, -0.15) is 0 Å². The molecule has 0 aliphatic carbocycles. The van der Waals surface area contributed by atoms with Crippen molar-refractivity contribution < 1.29 is 14.4 Å². The number of benzene rings is 3. The first-order valence-corrected chi connectivity index (χ1v) is 11.1. The third-order valence-corrected chi connectivity index (χ3v) is 6.26. The zero-order valence-corrected chi connectivity index (χ0v) is 18.1. The summed E-state index contributed by atoms with van der Waals surface area (Å²) in [6.07, 6.45) is 2.46. The van der Waals surface area contributed by atoms with Gasteiger partial charge < -0.3 is 15.0 Å². The van der Waals surface area contributed by atoms with Crippen LogP contribution in [-0.4, -0.2) is 32.7 Å². The van der Waals surface area contributed by atoms with E-state index in [2.05, 4.69) is 17.4 Å². The van der Waals surface area contributed by atoms with E-state index in [1.807, 2.05) is 72.8 Å². The number of nitrogens with one attached hydrogen (secondary N) is 2. The van der Waals surface area contributed by atoms with Crippen molar-refractivity contribution in [2.45, 2.75) is 24.8 Å². The van der Waals surface area contributed by atoms with Crippen molar-refractivity contribution in [3.8, 4) is 5.75 Å². The largest absolute Gasteiger partial charge is 0.496 e. The SMILES string of the molecule is COc1ccccc1[C@H](CNC(=O)C(c1ccccc1)c1ccccc1)[NH+]1CCCC1. The second-order valence-electron chi connectivity index (χ2n) is 8.16. The van der Waals surface area contributed by atoms with Crippen LogP contribution < -0.4 is 15.0 Å². The van der Waals surface area contributed by atoms with Crippen LogP contribution in [0, 0.1) is 0 Å². The van der Waals surface area contributed by atoms with Crippen molar-refractivity contribution in [2.24, 2.45) is 0 Å². The van der Waals surface area contributed by atoms with E-state index in [-0.39, 0.29) is 17.9 Å². The lowest BCUT2D eigenvalue weighted by molar-refractivity contribution is -0.918. The monoisotopic (exact) mass is 415 g/mol. The molecule has 3 aromatic rings. The Morgan fingerprint density at radius 3 is 2.00 bits per heavy atom. The molecule has 4 heteroatoms. The highest BCUT2D eigenvalue weighted by atomic mass is 16.5. The fourth-order valence-electron chi connectivity index (χ4n) is 4.70. The van der Waals surface area contributed by atoms with Crippen LogP contribution in [0.2, 0.25) is 0 Å². The van der Waals surface area contributed by atoms with Crippen LogP contribution in [0.15, 0.2) is 84.9 Å². The Kier molecular flexibility index (Phi) is 7.00. The van der Waals surface area contributed by atoms with Gasteiger partial charge in [0.1, 0.15) is 11.8 Å². The van der Waals surface area contributed by atoms with Crippen LogP contribution in [0.25, 0.3) is 0 Å². The fraction of sp³-hybridized carbons (Fsp3) is 0.296. The molecule has 2 N–H and O–H groups in total. The number of hydrogen-bond acceptors (Lipinski definition) is 2. The first kappa shape index (κ1) is 21.1. The van der Waals surface area contributed by atoms with E-state index in [4.69, 9.17) is 4.74 Å². The lowest BCUT2D eigenvalue weighted by Gasteiger charge is -2.27. The third kappa shape index (κ3) is 4.97. The van der Waals surface area contributed by atoms with Crippen molar-refractivity contribution in [1.29, 1.82) is 0 Å². The van der Waals surface area contributed by atoms with Gasteiger partial charge in [0.15, 0.2) is 0 Å². The highest BCUT2D eigenvalue weighted by Crippen LogP contribution is 2.26. The van der Waals surface area contributed by atoms with E-state index < -0.39 is 0 Å². The molecule has 1 saturated heterocycles. The molecule has 0 aromatic heterocycles. The Morgan fingerprint density at radius 1 is 0.871 bits per heavy atom. The van der Waals surface area contributed by atoms with Gasteiger partial charge in [0.2, 0.25) is 5.91 Å². The predicted molar refractivity (Wildman–Crippen MR) is 123 cm³/mol. The zero-order valence-electron chi connectivity index (χ0n) is 18.1. The van der Waals surface area contributed by atoms with Crippen LogP contribution in [0.1, 0.15) is 41.5 Å². The highest BCUT2D eigenvalue weighted by Gasteiger charge is 2.31. The fourth-order valence-corrected chi connectivity index (χ4v) is 4.70. The number of carbonyl (C=O) groups excluding carboxylic acids is 1. The first-order chi connectivity index (χ1) is 15.3. The summed E-state index contributed by atoms with van der Waals surface area (Å²) in [7, 11) is 1.72. The summed E-state index contributed by atoms with van der Waals surface area (Å²) < 4.78 is 5.65. The number of amides is 1. The molecule has 4 nitrogen and oxygen atoms in total. The van der Waals surface area contributed by atoms with E-state index in [1.54, 1.807) is 7.11 Å². The Labute approximate surface area is 184 Å². The molecular weight excluding hydrogens is 384 g/mol. The van der Waals surface area contributed by atoms with E-state index in [9.17, 15) is 4.79 Å². The average Bonchev–Trinajstić information content (AvgIpc) is 3.36. The first-order valence-electron chi connectivity index (χ1n) is 11.1. The quantitative estimate of drug-likeness (QED) is 0.592. The summed E-state index contributed by atoms with van der Waals surface area (Å²) >= 11 is 0. The van der Waals surface area contributed by atoms with Crippen LogP contribution in [0.3, 0.4) is 0 Å². The van der Waals surface area contributed by atoms with Gasteiger partial charge >= 0.3 is 0 Å². The molecule has 1 heterocycles. The molecule has 1 fully saturated rings. The normalized spacial score (nSPS) is 15.0. The Hall–Kier alpha value is -3.11. The smallest absolute Gasteiger partial charge is 0.232 e. The summed E-state index contributed by atoms with van der Waals surface area (Å²) in [4.78, 5) is 15.0. The summed E-state index contributed by atoms with van der Waals surface area (Å²) in [5.74, 6) is 0.606. The predicted octanol–water partition coefficient (Wildman–Crippen LogP) is 3.36. The molecule has 0 radical (unpaired) electrons. The minimum Gasteiger partial charge on any atom is -0.496 e. The molecule has 160 valence electrons. The molecule has 0 bridgehead atoms. The maximum absolute atomic E-state index is 13.5. The minimum absolute atomic E-state index is 0.0379. The molecular formula is C27H31N2O2+. The summed E-state index contributed by atoms with van der Waals surface area (Å²) in [5.41, 5.74) is 3.18. The van der Waals surface area contributed by atoms with Gasteiger partial charge in [-0.05, 0) is 23.3 Å². The minimum atomic E-state index is -0.325. The average molecular weight is 416 g/mol. The molecule has 0 spiro atoms. The topological polar surface area (TPSA) is 42.8 Å². The van der Waals surface area contributed by atoms with Crippen LogP contribution >= 0.6 is 0 Å². The molecule has 1 aliphatic heterocycles. The van der Waals surface area contributed by atoms with Crippen molar-refractivity contribution in [3.05, 3.63) is 102 Å². The number of likely N-dealkylation sites (tertiary alicyclic amines) is 1. The van der Waals surface area contributed by atoms with Crippen LogP contribution in [0.4, 0.5) is 0 Å².